The van der Waals surface area contributed by atoms with E-state index in [4.69, 9.17) is 21.7 Å². The first-order chi connectivity index (χ1) is 5.72. The van der Waals surface area contributed by atoms with Crippen molar-refractivity contribution in [2.75, 3.05) is 26.3 Å². The van der Waals surface area contributed by atoms with E-state index in [2.05, 4.69) is 9.98 Å². The van der Waals surface area contributed by atoms with Crippen molar-refractivity contribution in [3.05, 3.63) is 0 Å². The van der Waals surface area contributed by atoms with Gasteiger partial charge in [-0.3, -0.25) is 9.98 Å². The lowest BCUT2D eigenvalue weighted by Crippen LogP contribution is -2.32. The van der Waals surface area contributed by atoms with Crippen molar-refractivity contribution in [3.8, 4) is 0 Å². The van der Waals surface area contributed by atoms with Gasteiger partial charge in [0.2, 0.25) is 0 Å². The Bertz CT molecular complexity index is 158. The number of amidine groups is 2. The Morgan fingerprint density at radius 1 is 0.917 bits per heavy atom. The van der Waals surface area contributed by atoms with Crippen LogP contribution in [0.2, 0.25) is 0 Å². The first kappa shape index (κ1) is 10.9. The zero-order valence-corrected chi connectivity index (χ0v) is 6.77. The molecule has 0 amide bonds. The average molecular weight is 174 g/mol. The van der Waals surface area contributed by atoms with Gasteiger partial charge in [0.05, 0.1) is 26.3 Å². The molecule has 0 aromatic carbocycles. The SMILES string of the molecule is NC(=NCCO)C(N)=NCCO. The van der Waals surface area contributed by atoms with Crippen LogP contribution in [0.15, 0.2) is 9.98 Å². The molecule has 12 heavy (non-hydrogen) atoms. The lowest BCUT2D eigenvalue weighted by molar-refractivity contribution is 0.306. The van der Waals surface area contributed by atoms with Gasteiger partial charge in [-0.1, -0.05) is 0 Å². The second-order valence-corrected chi connectivity index (χ2v) is 1.98. The zero-order chi connectivity index (χ0) is 9.40. The quantitative estimate of drug-likeness (QED) is 0.283. The van der Waals surface area contributed by atoms with E-state index in [1.807, 2.05) is 0 Å². The molecular weight excluding hydrogens is 160 g/mol. The van der Waals surface area contributed by atoms with Crippen LogP contribution in [0.1, 0.15) is 0 Å². The Morgan fingerprint density at radius 2 is 1.25 bits per heavy atom. The van der Waals surface area contributed by atoms with E-state index in [0.29, 0.717) is 0 Å². The van der Waals surface area contributed by atoms with Crippen molar-refractivity contribution < 1.29 is 10.2 Å². The Labute approximate surface area is 70.6 Å². The molecule has 0 unspecified atom stereocenters. The number of rotatable bonds is 4. The van der Waals surface area contributed by atoms with Gasteiger partial charge in [-0.2, -0.15) is 0 Å². The maximum Gasteiger partial charge on any atom is 0.161 e. The summed E-state index contributed by atoms with van der Waals surface area (Å²) in [5.74, 6) is 0.190. The Hall–Kier alpha value is -1.14. The summed E-state index contributed by atoms with van der Waals surface area (Å²) >= 11 is 0. The summed E-state index contributed by atoms with van der Waals surface area (Å²) in [6, 6.07) is 0. The number of hydrogen-bond acceptors (Lipinski definition) is 4. The first-order valence-electron chi connectivity index (χ1n) is 3.54. The molecule has 70 valence electrons. The standard InChI is InChI=1S/C6H14N4O2/c7-5(9-1-3-11)6(8)10-2-4-12/h11-12H,1-4H2,(H2,7,9)(H2,8,10). The first-order valence-corrected chi connectivity index (χ1v) is 3.54. The summed E-state index contributed by atoms with van der Waals surface area (Å²) in [5, 5.41) is 16.8. The minimum Gasteiger partial charge on any atom is -0.394 e. The van der Waals surface area contributed by atoms with Crippen LogP contribution < -0.4 is 11.5 Å². The smallest absolute Gasteiger partial charge is 0.161 e. The molecule has 0 aliphatic carbocycles. The number of aliphatic hydroxyl groups excluding tert-OH is 2. The highest BCUT2D eigenvalue weighted by molar-refractivity contribution is 6.39. The van der Waals surface area contributed by atoms with Gasteiger partial charge in [0, 0.05) is 0 Å². The highest BCUT2D eigenvalue weighted by Crippen LogP contribution is 1.75. The summed E-state index contributed by atoms with van der Waals surface area (Å²) in [6.45, 7) is 0.268. The van der Waals surface area contributed by atoms with Crippen LogP contribution in [-0.4, -0.2) is 48.2 Å². The van der Waals surface area contributed by atoms with Crippen molar-refractivity contribution in [1.82, 2.24) is 0 Å². The van der Waals surface area contributed by atoms with Gasteiger partial charge in [0.1, 0.15) is 0 Å². The van der Waals surface area contributed by atoms with Crippen molar-refractivity contribution >= 4 is 11.7 Å². The molecule has 6 heteroatoms. The molecule has 0 heterocycles. The fourth-order valence-corrected chi connectivity index (χ4v) is 0.503. The summed E-state index contributed by atoms with van der Waals surface area (Å²) < 4.78 is 0. The lowest BCUT2D eigenvalue weighted by atomic mass is 10.5. The van der Waals surface area contributed by atoms with Crippen molar-refractivity contribution in [3.63, 3.8) is 0 Å². The van der Waals surface area contributed by atoms with Gasteiger partial charge in [-0.05, 0) is 0 Å². The third kappa shape index (κ3) is 4.64. The molecule has 6 N–H and O–H groups in total. The van der Waals surface area contributed by atoms with E-state index in [-0.39, 0.29) is 38.0 Å². The van der Waals surface area contributed by atoms with Crippen molar-refractivity contribution in [1.29, 1.82) is 0 Å². The van der Waals surface area contributed by atoms with Gasteiger partial charge in [-0.15, -0.1) is 0 Å². The maximum absolute atomic E-state index is 8.39. The van der Waals surface area contributed by atoms with Gasteiger partial charge in [0.15, 0.2) is 11.7 Å². The Morgan fingerprint density at radius 3 is 1.50 bits per heavy atom. The highest BCUT2D eigenvalue weighted by atomic mass is 16.3. The molecule has 0 aliphatic rings. The van der Waals surface area contributed by atoms with Crippen LogP contribution in [0.3, 0.4) is 0 Å². The molecule has 0 bridgehead atoms. The number of nitrogens with two attached hydrogens (primary N) is 2. The Kier molecular flexibility index (Phi) is 5.94. The molecule has 0 radical (unpaired) electrons. The monoisotopic (exact) mass is 174 g/mol. The lowest BCUT2D eigenvalue weighted by Gasteiger charge is -1.98. The van der Waals surface area contributed by atoms with Crippen LogP contribution >= 0.6 is 0 Å². The van der Waals surface area contributed by atoms with E-state index in [1.165, 1.54) is 0 Å². The van der Waals surface area contributed by atoms with Crippen LogP contribution in [0.25, 0.3) is 0 Å². The number of aliphatic imine (C=N–C) groups is 2. The van der Waals surface area contributed by atoms with Gasteiger partial charge in [-0.25, -0.2) is 0 Å². The van der Waals surface area contributed by atoms with E-state index in [1.54, 1.807) is 0 Å². The van der Waals surface area contributed by atoms with Gasteiger partial charge < -0.3 is 21.7 Å². The summed E-state index contributed by atoms with van der Waals surface area (Å²) in [7, 11) is 0. The fraction of sp³-hybridized carbons (Fsp3) is 0.667. The number of nitrogens with zero attached hydrogens (tertiary/aromatic N) is 2. The topological polar surface area (TPSA) is 117 Å². The van der Waals surface area contributed by atoms with Gasteiger partial charge in [0.25, 0.3) is 0 Å². The third-order valence-electron chi connectivity index (χ3n) is 1.03. The van der Waals surface area contributed by atoms with E-state index in [9.17, 15) is 0 Å². The maximum atomic E-state index is 8.39. The van der Waals surface area contributed by atoms with Crippen molar-refractivity contribution in [2.24, 2.45) is 21.5 Å². The van der Waals surface area contributed by atoms with Crippen molar-refractivity contribution in [2.45, 2.75) is 0 Å². The molecule has 6 nitrogen and oxygen atoms in total. The number of aliphatic hydroxyl groups is 2. The minimum absolute atomic E-state index is 0.0754. The molecule has 0 saturated heterocycles. The predicted molar refractivity (Wildman–Crippen MR) is 47.2 cm³/mol. The van der Waals surface area contributed by atoms with Crippen LogP contribution in [-0.2, 0) is 0 Å². The second kappa shape index (κ2) is 6.56. The molecule has 0 aromatic heterocycles. The molecule has 0 aliphatic heterocycles. The summed E-state index contributed by atoms with van der Waals surface area (Å²) in [6.07, 6.45) is 0. The normalized spacial score (nSPS) is 13.5. The second-order valence-electron chi connectivity index (χ2n) is 1.98. The minimum atomic E-state index is -0.0754. The van der Waals surface area contributed by atoms with E-state index < -0.39 is 0 Å². The summed E-state index contributed by atoms with van der Waals surface area (Å²) in [5.41, 5.74) is 10.7. The van der Waals surface area contributed by atoms with Gasteiger partial charge >= 0.3 is 0 Å². The third-order valence-corrected chi connectivity index (χ3v) is 1.03. The summed E-state index contributed by atoms with van der Waals surface area (Å²) in [4.78, 5) is 7.40. The zero-order valence-electron chi connectivity index (χ0n) is 6.77. The highest BCUT2D eigenvalue weighted by Gasteiger charge is 1.96. The van der Waals surface area contributed by atoms with Crippen LogP contribution in [0.5, 0.6) is 0 Å². The van der Waals surface area contributed by atoms with Crippen LogP contribution in [0, 0.1) is 0 Å². The molecule has 0 rings (SSSR count). The largest absolute Gasteiger partial charge is 0.394 e. The van der Waals surface area contributed by atoms with E-state index in [0.717, 1.165) is 0 Å². The molecule has 0 spiro atoms. The average Bonchev–Trinajstić information content (AvgIpc) is 2.10. The predicted octanol–water partition coefficient (Wildman–Crippen LogP) is -2.31. The molecular formula is C6H14N4O2. The van der Waals surface area contributed by atoms with Crippen LogP contribution in [0.4, 0.5) is 0 Å². The molecule has 0 aromatic rings. The molecule has 0 fully saturated rings. The number of hydrogen-bond donors (Lipinski definition) is 4. The molecule has 0 atom stereocenters. The molecule has 0 saturated carbocycles. The Balaban J connectivity index is 3.98. The van der Waals surface area contributed by atoms with E-state index >= 15 is 0 Å². The fourth-order valence-electron chi connectivity index (χ4n) is 0.503.